The van der Waals surface area contributed by atoms with Gasteiger partial charge in [-0.15, -0.1) is 0 Å². The van der Waals surface area contributed by atoms with E-state index < -0.39 is 25.0 Å². The molecule has 3 aromatic rings. The minimum atomic E-state index is -2.51. The van der Waals surface area contributed by atoms with Crippen LogP contribution >= 0.6 is 0 Å². The van der Waals surface area contributed by atoms with Crippen molar-refractivity contribution in [3.8, 4) is 0 Å². The Labute approximate surface area is 226 Å². The first-order chi connectivity index (χ1) is 18.9. The Morgan fingerprint density at radius 1 is 1.18 bits per heavy atom. The molecule has 12 heteroatoms. The molecular formula is C27H37F2N7O3. The molecule has 1 aliphatic rings. The number of aromatic nitrogens is 5. The summed E-state index contributed by atoms with van der Waals surface area (Å²) >= 11 is 0. The molecule has 1 atom stereocenters. The highest BCUT2D eigenvalue weighted by atomic mass is 19.3. The third kappa shape index (κ3) is 8.37. The van der Waals surface area contributed by atoms with E-state index in [1.165, 1.54) is 30.4 Å². The summed E-state index contributed by atoms with van der Waals surface area (Å²) in [7, 11) is 1.75. The Hall–Kier alpha value is -3.25. The van der Waals surface area contributed by atoms with Crippen LogP contribution in [0, 0.1) is 0 Å². The van der Waals surface area contributed by atoms with E-state index in [4.69, 9.17) is 9.72 Å². The van der Waals surface area contributed by atoms with E-state index in [9.17, 15) is 18.7 Å². The summed E-state index contributed by atoms with van der Waals surface area (Å²) in [6.45, 7) is 1.16. The summed E-state index contributed by atoms with van der Waals surface area (Å²) in [6.07, 6.45) is 8.02. The van der Waals surface area contributed by atoms with Crippen LogP contribution in [-0.4, -0.2) is 86.0 Å². The van der Waals surface area contributed by atoms with Gasteiger partial charge in [0.2, 0.25) is 0 Å². The molecule has 10 nitrogen and oxygen atoms in total. The topological polar surface area (TPSA) is 118 Å². The molecule has 0 bridgehead atoms. The second-order valence-electron chi connectivity index (χ2n) is 9.93. The summed E-state index contributed by atoms with van der Waals surface area (Å²) in [4.78, 5) is 27.4. The highest BCUT2D eigenvalue weighted by Gasteiger charge is 2.21. The molecule has 0 fully saturated rings. The lowest BCUT2D eigenvalue weighted by molar-refractivity contribution is -0.138. The fourth-order valence-corrected chi connectivity index (χ4v) is 4.92. The molecule has 1 aliphatic carbocycles. The van der Waals surface area contributed by atoms with E-state index >= 15 is 0 Å². The fourth-order valence-electron chi connectivity index (χ4n) is 4.92. The molecule has 0 spiro atoms. The van der Waals surface area contributed by atoms with Crippen molar-refractivity contribution in [2.24, 2.45) is 7.05 Å². The number of ether oxygens (including phenoxy) is 1. The maximum Gasteiger partial charge on any atom is 0.326 e. The Balaban J connectivity index is 1.31. The first-order valence-electron chi connectivity index (χ1n) is 13.6. The zero-order valence-corrected chi connectivity index (χ0v) is 22.4. The predicted octanol–water partition coefficient (Wildman–Crippen LogP) is 3.50. The molecule has 3 heterocycles. The normalized spacial score (nSPS) is 14.2. The van der Waals surface area contributed by atoms with Crippen molar-refractivity contribution in [3.05, 3.63) is 41.6 Å². The number of hydrogen-bond acceptors (Lipinski definition) is 8. The Kier molecular flexibility index (Phi) is 10.5. The van der Waals surface area contributed by atoms with Crippen LogP contribution in [0.5, 0.6) is 0 Å². The summed E-state index contributed by atoms with van der Waals surface area (Å²) in [6, 6.07) is 3.43. The van der Waals surface area contributed by atoms with E-state index in [0.29, 0.717) is 42.9 Å². The number of fused-ring (bicyclic) bond motifs is 2. The number of carbonyl (C=O) groups is 1. The Bertz CT molecular complexity index is 1220. The molecule has 0 aliphatic heterocycles. The van der Waals surface area contributed by atoms with Gasteiger partial charge in [-0.25, -0.2) is 23.5 Å². The van der Waals surface area contributed by atoms with Crippen molar-refractivity contribution in [1.82, 2.24) is 29.6 Å². The third-order valence-electron chi connectivity index (χ3n) is 7.06. The second kappa shape index (κ2) is 14.2. The van der Waals surface area contributed by atoms with Gasteiger partial charge in [-0.2, -0.15) is 5.10 Å². The summed E-state index contributed by atoms with van der Waals surface area (Å²) in [5, 5.41) is 17.7. The minimum Gasteiger partial charge on any atom is -0.480 e. The number of carboxylic acids is 1. The monoisotopic (exact) mass is 545 g/mol. The van der Waals surface area contributed by atoms with Gasteiger partial charge in [-0.05, 0) is 69.5 Å². The quantitative estimate of drug-likeness (QED) is 0.261. The number of anilines is 1. The number of aliphatic carboxylic acids is 1. The number of pyridine rings is 1. The maximum atomic E-state index is 12.5. The Morgan fingerprint density at radius 3 is 2.85 bits per heavy atom. The minimum absolute atomic E-state index is 0.157. The van der Waals surface area contributed by atoms with Crippen molar-refractivity contribution in [1.29, 1.82) is 0 Å². The predicted molar refractivity (Wildman–Crippen MR) is 143 cm³/mol. The zero-order valence-electron chi connectivity index (χ0n) is 22.4. The molecule has 0 saturated carbocycles. The van der Waals surface area contributed by atoms with Gasteiger partial charge in [0.1, 0.15) is 24.8 Å². The van der Waals surface area contributed by atoms with Crippen molar-refractivity contribution >= 4 is 22.8 Å². The number of unbranched alkanes of at least 4 members (excludes halogenated alkanes) is 1. The first kappa shape index (κ1) is 28.8. The van der Waals surface area contributed by atoms with Crippen molar-refractivity contribution in [2.45, 2.75) is 63.8 Å². The van der Waals surface area contributed by atoms with Crippen molar-refractivity contribution in [2.75, 3.05) is 38.2 Å². The van der Waals surface area contributed by atoms with Gasteiger partial charge >= 0.3 is 5.97 Å². The summed E-state index contributed by atoms with van der Waals surface area (Å²) in [5.74, 6) is -0.595. The van der Waals surface area contributed by atoms with Gasteiger partial charge in [-0.1, -0.05) is 6.07 Å². The van der Waals surface area contributed by atoms with E-state index in [0.717, 1.165) is 37.8 Å². The molecule has 212 valence electrons. The van der Waals surface area contributed by atoms with Gasteiger partial charge in [0.05, 0.1) is 18.2 Å². The molecule has 0 aromatic carbocycles. The summed E-state index contributed by atoms with van der Waals surface area (Å²) < 4.78 is 31.7. The number of carboxylic acid groups (broad SMARTS) is 1. The van der Waals surface area contributed by atoms with Crippen LogP contribution in [0.4, 0.5) is 14.6 Å². The largest absolute Gasteiger partial charge is 0.480 e. The molecule has 0 radical (unpaired) electrons. The van der Waals surface area contributed by atoms with Gasteiger partial charge in [0.25, 0.3) is 6.43 Å². The van der Waals surface area contributed by atoms with E-state index in [1.807, 2.05) is 0 Å². The highest BCUT2D eigenvalue weighted by Crippen LogP contribution is 2.21. The van der Waals surface area contributed by atoms with Crippen LogP contribution in [0.25, 0.3) is 11.0 Å². The van der Waals surface area contributed by atoms with Gasteiger partial charge in [0.15, 0.2) is 5.65 Å². The first-order valence-corrected chi connectivity index (χ1v) is 13.6. The fraction of sp³-hybridized carbons (Fsp3) is 0.593. The highest BCUT2D eigenvalue weighted by molar-refractivity contribution is 5.88. The zero-order chi connectivity index (χ0) is 27.6. The number of hydrogen-bond donors (Lipinski definition) is 2. The van der Waals surface area contributed by atoms with Crippen LogP contribution < -0.4 is 5.32 Å². The van der Waals surface area contributed by atoms with Crippen LogP contribution in [-0.2, 0) is 35.8 Å². The molecule has 0 amide bonds. The van der Waals surface area contributed by atoms with Gasteiger partial charge in [0, 0.05) is 31.5 Å². The molecule has 2 N–H and O–H groups in total. The number of halogens is 2. The molecule has 0 unspecified atom stereocenters. The number of nitrogens with one attached hydrogen (secondary N) is 1. The average molecular weight is 546 g/mol. The molecule has 0 saturated heterocycles. The SMILES string of the molecule is Cn1ncc2c(N[C@@H](CCN(CCCCc3ccc4c(n3)CCCC4)CCOCC(F)F)C(=O)O)ncnc21. The Morgan fingerprint density at radius 2 is 2.03 bits per heavy atom. The van der Waals surface area contributed by atoms with E-state index in [1.54, 1.807) is 17.9 Å². The molecule has 3 aromatic heterocycles. The van der Waals surface area contributed by atoms with Crippen LogP contribution in [0.2, 0.25) is 0 Å². The van der Waals surface area contributed by atoms with E-state index in [-0.39, 0.29) is 6.61 Å². The van der Waals surface area contributed by atoms with Crippen molar-refractivity contribution in [3.63, 3.8) is 0 Å². The van der Waals surface area contributed by atoms with Crippen molar-refractivity contribution < 1.29 is 23.4 Å². The van der Waals surface area contributed by atoms with Crippen LogP contribution in [0.3, 0.4) is 0 Å². The number of rotatable bonds is 16. The van der Waals surface area contributed by atoms with Crippen LogP contribution in [0.15, 0.2) is 24.7 Å². The number of alkyl halides is 2. The van der Waals surface area contributed by atoms with Gasteiger partial charge < -0.3 is 20.1 Å². The average Bonchev–Trinajstić information content (AvgIpc) is 3.31. The lowest BCUT2D eigenvalue weighted by Crippen LogP contribution is -2.37. The smallest absolute Gasteiger partial charge is 0.326 e. The summed E-state index contributed by atoms with van der Waals surface area (Å²) in [5.41, 5.74) is 4.30. The molecular weight excluding hydrogens is 508 g/mol. The molecule has 39 heavy (non-hydrogen) atoms. The lowest BCUT2D eigenvalue weighted by atomic mass is 9.95. The third-order valence-corrected chi connectivity index (χ3v) is 7.06. The lowest BCUT2D eigenvalue weighted by Gasteiger charge is -2.24. The second-order valence-corrected chi connectivity index (χ2v) is 9.93. The maximum absolute atomic E-state index is 12.5. The number of nitrogens with zero attached hydrogens (tertiary/aromatic N) is 6. The standard InChI is InChI=1S/C27H37F2N7O3/c1-35-26-21(16-32-35)25(30-18-31-26)34-23(27(37)38)11-13-36(14-15-39-17-24(28)29)12-5-4-7-20-10-9-19-6-2-3-8-22(19)33-20/h9-10,16,18,23-24H,2-8,11-15,17H2,1H3,(H,37,38)(H,30,31,34)/t23-/m0/s1. The van der Waals surface area contributed by atoms with Crippen LogP contribution in [0.1, 0.15) is 49.1 Å². The van der Waals surface area contributed by atoms with Gasteiger partial charge in [-0.3, -0.25) is 9.67 Å². The number of aryl methyl sites for hydroxylation is 4. The van der Waals surface area contributed by atoms with E-state index in [2.05, 4.69) is 37.4 Å². The molecule has 4 rings (SSSR count).